The number of ether oxygens (including phenoxy) is 5. The van der Waals surface area contributed by atoms with E-state index in [4.69, 9.17) is 23.7 Å². The predicted molar refractivity (Wildman–Crippen MR) is 466 cm³/mol. The molecule has 109 heavy (non-hydrogen) atoms. The molecule has 0 aliphatic carbocycles. The highest BCUT2D eigenvalue weighted by molar-refractivity contribution is 5.89. The summed E-state index contributed by atoms with van der Waals surface area (Å²) in [5.41, 5.74) is -0.0202. The van der Waals surface area contributed by atoms with Crippen LogP contribution in [0.1, 0.15) is 289 Å². The molecular weight excluding hydrogens is 1350 g/mol. The van der Waals surface area contributed by atoms with Crippen LogP contribution in [0.25, 0.3) is 43.1 Å². The van der Waals surface area contributed by atoms with Crippen molar-refractivity contribution in [2.75, 3.05) is 0 Å². The van der Waals surface area contributed by atoms with Crippen molar-refractivity contribution in [1.82, 2.24) is 0 Å². The molecule has 9 aromatic rings. The smallest absolute Gasteiger partial charge is 0.312 e. The fourth-order valence-electron chi connectivity index (χ4n) is 10.9. The van der Waals surface area contributed by atoms with E-state index >= 15 is 0 Å². The fourth-order valence-corrected chi connectivity index (χ4v) is 10.9. The first kappa shape index (κ1) is 100. The standard InChI is InChI=1S/2C20H26O2.2C19H24O2.C16H24O2.5CH4/c1-6-19(3,4)18(21)22-20(5,7-2)17-14-10-12-15-11-8-9-13-16(15)17;1-6-19(3,4)18(21)22-20(5,7-2)17-13-12-15-10-8-9-11-16(15)14-17;1-6-18(2,3)17(20)21-19(4,5)16-13-9-11-14-10-7-8-12-15(14)16;1-6-18(2,3)17(20)21-19(4,5)16-12-11-14-9-7-8-10-15(14)13-16;1-6-15(3,4)14(17)18-16(5,7-2)13-11-9-8-10-12-13;;;;;/h2*8-14H,6-7H2,1-5H3;2*7-13H,6H2,1-5H3;8-12H,6-7H2,1-5H3;5*1H4. The van der Waals surface area contributed by atoms with Crippen LogP contribution in [0.3, 0.4) is 0 Å². The Morgan fingerprint density at radius 2 is 0.495 bits per heavy atom. The lowest BCUT2D eigenvalue weighted by molar-refractivity contribution is -0.171. The molecule has 0 aliphatic rings. The molecule has 0 fully saturated rings. The van der Waals surface area contributed by atoms with Crippen LogP contribution in [0, 0.1) is 27.1 Å². The molecule has 10 nitrogen and oxygen atoms in total. The van der Waals surface area contributed by atoms with Crippen LogP contribution in [-0.2, 0) is 75.7 Å². The second kappa shape index (κ2) is 42.0. The maximum absolute atomic E-state index is 12.6. The molecule has 9 rings (SSSR count). The molecule has 0 N–H and O–H groups in total. The summed E-state index contributed by atoms with van der Waals surface area (Å²) in [5, 5.41) is 9.34. The Morgan fingerprint density at radius 3 is 0.862 bits per heavy atom. The zero-order valence-corrected chi connectivity index (χ0v) is 67.8. The number of fused-ring (bicyclic) bond motifs is 4. The topological polar surface area (TPSA) is 132 Å². The molecule has 0 aliphatic heterocycles. The fraction of sp³-hybridized carbons (Fsp3) is 0.485. The Hall–Kier alpha value is -8.63. The minimum Gasteiger partial charge on any atom is -0.454 e. The molecule has 3 atom stereocenters. The van der Waals surface area contributed by atoms with Gasteiger partial charge in [-0.1, -0.05) is 281 Å². The van der Waals surface area contributed by atoms with Crippen molar-refractivity contribution in [2.24, 2.45) is 27.1 Å². The molecule has 0 heterocycles. The highest BCUT2D eigenvalue weighted by Gasteiger charge is 2.40. The first-order valence-corrected chi connectivity index (χ1v) is 37.7. The lowest BCUT2D eigenvalue weighted by atomic mass is 9.86. The quantitative estimate of drug-likeness (QED) is 0.0450. The zero-order valence-electron chi connectivity index (χ0n) is 67.8. The number of hydrogen-bond acceptors (Lipinski definition) is 10. The molecular formula is C99H144O10. The van der Waals surface area contributed by atoms with Gasteiger partial charge in [0.2, 0.25) is 0 Å². The maximum Gasteiger partial charge on any atom is 0.312 e. The van der Waals surface area contributed by atoms with Gasteiger partial charge in [-0.25, -0.2) is 0 Å². The molecule has 0 amide bonds. The van der Waals surface area contributed by atoms with Crippen molar-refractivity contribution in [3.8, 4) is 0 Å². The van der Waals surface area contributed by atoms with Crippen LogP contribution in [0.2, 0.25) is 0 Å². The Bertz CT molecular complexity index is 4300. The second-order valence-electron chi connectivity index (χ2n) is 32.5. The number of carbonyl (C=O) groups excluding carboxylic acids is 5. The molecule has 9 aromatic carbocycles. The number of carbonyl (C=O) groups is 5. The largest absolute Gasteiger partial charge is 0.454 e. The zero-order chi connectivity index (χ0) is 77.9. The van der Waals surface area contributed by atoms with Crippen molar-refractivity contribution in [2.45, 2.75) is 290 Å². The summed E-state index contributed by atoms with van der Waals surface area (Å²) in [6.07, 6.45) is 6.09. The van der Waals surface area contributed by atoms with Crippen LogP contribution in [0.15, 0.2) is 200 Å². The number of benzene rings is 9. The van der Waals surface area contributed by atoms with Crippen LogP contribution < -0.4 is 0 Å². The molecule has 0 aromatic heterocycles. The third-order valence-electron chi connectivity index (χ3n) is 21.8. The summed E-state index contributed by atoms with van der Waals surface area (Å²) >= 11 is 0. The molecule has 0 bridgehead atoms. The molecule has 0 radical (unpaired) electrons. The first-order valence-electron chi connectivity index (χ1n) is 37.7. The van der Waals surface area contributed by atoms with Gasteiger partial charge in [0, 0.05) is 11.1 Å². The van der Waals surface area contributed by atoms with Crippen molar-refractivity contribution in [1.29, 1.82) is 0 Å². The molecule has 0 spiro atoms. The summed E-state index contributed by atoms with van der Waals surface area (Å²) in [4.78, 5) is 62.0. The number of hydrogen-bond donors (Lipinski definition) is 0. The van der Waals surface area contributed by atoms with Gasteiger partial charge in [-0.3, -0.25) is 24.0 Å². The van der Waals surface area contributed by atoms with Gasteiger partial charge in [0.15, 0.2) is 0 Å². The lowest BCUT2D eigenvalue weighted by Gasteiger charge is -2.34. The Balaban J connectivity index is 0.00000132. The highest BCUT2D eigenvalue weighted by atomic mass is 16.6. The predicted octanol–water partition coefficient (Wildman–Crippen LogP) is 28.5. The average Bonchev–Trinajstić information content (AvgIpc) is 0.800. The summed E-state index contributed by atoms with van der Waals surface area (Å²) in [5.74, 6) is -0.691. The molecule has 3 unspecified atom stereocenters. The summed E-state index contributed by atoms with van der Waals surface area (Å²) < 4.78 is 29.4. The number of rotatable bonds is 23. The minimum absolute atomic E-state index is 0. The van der Waals surface area contributed by atoms with Crippen molar-refractivity contribution in [3.63, 3.8) is 0 Å². The minimum atomic E-state index is -0.648. The van der Waals surface area contributed by atoms with E-state index in [0.717, 1.165) is 101 Å². The van der Waals surface area contributed by atoms with Gasteiger partial charge < -0.3 is 23.7 Å². The van der Waals surface area contributed by atoms with E-state index in [-0.39, 0.29) is 67.0 Å². The van der Waals surface area contributed by atoms with Crippen molar-refractivity contribution >= 4 is 72.9 Å². The summed E-state index contributed by atoms with van der Waals surface area (Å²) in [6.45, 7) is 49.3. The van der Waals surface area contributed by atoms with E-state index in [9.17, 15) is 24.0 Å². The summed E-state index contributed by atoms with van der Waals surface area (Å²) in [7, 11) is 0. The average molecular weight is 1490 g/mol. The Labute approximate surface area is 661 Å². The Kier molecular flexibility index (Phi) is 38.6. The van der Waals surface area contributed by atoms with Crippen LogP contribution >= 0.6 is 0 Å². The maximum atomic E-state index is 12.6. The van der Waals surface area contributed by atoms with Crippen LogP contribution in [0.5, 0.6) is 0 Å². The Morgan fingerprint density at radius 1 is 0.229 bits per heavy atom. The number of esters is 5. The van der Waals surface area contributed by atoms with E-state index in [2.05, 4.69) is 111 Å². The van der Waals surface area contributed by atoms with Crippen molar-refractivity contribution in [3.05, 3.63) is 228 Å². The van der Waals surface area contributed by atoms with E-state index in [1.165, 1.54) is 21.5 Å². The van der Waals surface area contributed by atoms with E-state index in [1.54, 1.807) is 0 Å². The molecule has 10 heteroatoms. The van der Waals surface area contributed by atoms with E-state index in [1.807, 2.05) is 262 Å². The van der Waals surface area contributed by atoms with Gasteiger partial charge in [0.1, 0.15) is 28.0 Å². The van der Waals surface area contributed by atoms with Gasteiger partial charge in [0.25, 0.3) is 0 Å². The molecule has 0 saturated heterocycles. The van der Waals surface area contributed by atoms with E-state index < -0.39 is 55.1 Å². The normalized spacial score (nSPS) is 13.1. The van der Waals surface area contributed by atoms with Gasteiger partial charge >= 0.3 is 29.8 Å². The van der Waals surface area contributed by atoms with Crippen LogP contribution in [0.4, 0.5) is 0 Å². The van der Waals surface area contributed by atoms with Gasteiger partial charge in [-0.15, -0.1) is 0 Å². The second-order valence-corrected chi connectivity index (χ2v) is 32.5. The highest BCUT2D eigenvalue weighted by Crippen LogP contribution is 2.41. The van der Waals surface area contributed by atoms with Gasteiger partial charge in [-0.2, -0.15) is 0 Å². The monoisotopic (exact) mass is 1490 g/mol. The van der Waals surface area contributed by atoms with E-state index in [0.29, 0.717) is 0 Å². The van der Waals surface area contributed by atoms with Crippen molar-refractivity contribution < 1.29 is 47.7 Å². The lowest BCUT2D eigenvalue weighted by Crippen LogP contribution is -2.35. The molecule has 0 saturated carbocycles. The first-order chi connectivity index (χ1) is 48.5. The molecule has 600 valence electrons. The third kappa shape index (κ3) is 26.0. The van der Waals surface area contributed by atoms with Gasteiger partial charge in [-0.05, 0) is 241 Å². The van der Waals surface area contributed by atoms with Crippen LogP contribution in [-0.4, -0.2) is 29.8 Å². The summed E-state index contributed by atoms with van der Waals surface area (Å²) in [6, 6.07) is 67.6. The SMILES string of the molecule is C.C.C.C.C.CCC(C)(C)C(=O)OC(C)(C)c1ccc2ccccc2c1.CCC(C)(C)C(=O)OC(C)(C)c1cccc2ccccc12.CCC(C)(C)C(=O)OC(C)(CC)c1ccc2ccccc2c1.CCC(C)(C)C(=O)OC(C)(CC)c1cccc2ccccc12.CCC(C)(C)C(=O)OC(C)(CC)c1ccccc1. The third-order valence-corrected chi connectivity index (χ3v) is 21.8. The van der Waals surface area contributed by atoms with Gasteiger partial charge in [0.05, 0.1) is 27.1 Å².